The van der Waals surface area contributed by atoms with Crippen molar-refractivity contribution in [3.63, 3.8) is 0 Å². The number of aliphatic hydroxyl groups excluding tert-OH is 2. The van der Waals surface area contributed by atoms with Crippen molar-refractivity contribution in [2.24, 2.45) is 0 Å². The minimum atomic E-state index is -0.663. The minimum Gasteiger partial charge on any atom is -0.466 e. The Kier molecular flexibility index (Phi) is 76.8. The van der Waals surface area contributed by atoms with Gasteiger partial charge in [-0.25, -0.2) is 0 Å². The molecule has 0 bridgehead atoms. The van der Waals surface area contributed by atoms with Gasteiger partial charge in [0, 0.05) is 12.8 Å². The Morgan fingerprint density at radius 3 is 0.876 bits per heavy atom. The van der Waals surface area contributed by atoms with Gasteiger partial charge < -0.3 is 20.3 Å². The third-order valence-electron chi connectivity index (χ3n) is 19.2. The molecule has 1 amide bonds. The van der Waals surface area contributed by atoms with Crippen LogP contribution in [0, 0.1) is 0 Å². The van der Waals surface area contributed by atoms with Crippen LogP contribution in [-0.2, 0) is 14.3 Å². The third kappa shape index (κ3) is 75.0. The van der Waals surface area contributed by atoms with Crippen molar-refractivity contribution < 1.29 is 24.5 Å². The van der Waals surface area contributed by atoms with Crippen molar-refractivity contribution in [2.75, 3.05) is 13.2 Å². The summed E-state index contributed by atoms with van der Waals surface area (Å²) in [5.74, 6) is -0.0146. The van der Waals surface area contributed by atoms with Gasteiger partial charge >= 0.3 is 5.97 Å². The highest BCUT2D eigenvalue weighted by Gasteiger charge is 2.20. The minimum absolute atomic E-state index is 0.0122. The maximum absolute atomic E-state index is 12.6. The number of hydrogen-bond acceptors (Lipinski definition) is 5. The number of carbonyl (C=O) groups excluding carboxylic acids is 2. The maximum atomic E-state index is 12.6. The molecule has 0 fully saturated rings. The summed E-state index contributed by atoms with van der Waals surface area (Å²) in [6, 6.07) is -0.540. The lowest BCUT2D eigenvalue weighted by Crippen LogP contribution is -2.45. The zero-order valence-electron chi connectivity index (χ0n) is 60.4. The van der Waals surface area contributed by atoms with Crippen LogP contribution in [0.4, 0.5) is 0 Å². The van der Waals surface area contributed by atoms with Crippen LogP contribution in [0.5, 0.6) is 0 Å². The number of unbranched alkanes of at least 4 members (excludes halogenated alkanes) is 60. The van der Waals surface area contributed by atoms with E-state index in [1.54, 1.807) is 0 Å². The Morgan fingerprint density at radius 2 is 0.562 bits per heavy atom. The normalized spacial score (nSPS) is 12.6. The van der Waals surface area contributed by atoms with Crippen LogP contribution in [0.1, 0.15) is 457 Å². The SMILES string of the molecule is CCCCCC/C=C\C/C=C\CCCCCCCCCC(=O)OCCCCCCCCCCCCCC/C=C\CCCCCCCCCCCCCCCCCCCC(=O)NC(CO)C(O)CCCCCCCCCCCCCCCCCCCCCCC. The van der Waals surface area contributed by atoms with Crippen LogP contribution in [0.2, 0.25) is 0 Å². The standard InChI is InChI=1S/C83H159NO5/c1-3-5-7-9-11-13-15-17-19-21-23-37-40-43-47-51-55-59-63-67-71-75-81(86)80(79-85)84-82(87)76-72-68-64-60-56-52-48-44-41-38-35-33-31-29-27-25-24-26-28-30-32-34-36-39-42-46-50-54-58-62-66-70-74-78-89-83(88)77-73-69-65-61-57-53-49-45-22-20-18-16-14-12-10-8-6-4-2/h14,16,20,22,28,30,80-81,85-86H,3-13,15,17-19,21,23-27,29,31-79H2,1-2H3,(H,84,87)/b16-14-,22-20-,30-28-. The fourth-order valence-electron chi connectivity index (χ4n) is 13.0. The van der Waals surface area contributed by atoms with Gasteiger partial charge in [-0.05, 0) is 83.5 Å². The van der Waals surface area contributed by atoms with Gasteiger partial charge in [-0.3, -0.25) is 9.59 Å². The van der Waals surface area contributed by atoms with Gasteiger partial charge in [0.1, 0.15) is 0 Å². The van der Waals surface area contributed by atoms with Gasteiger partial charge in [-0.15, -0.1) is 0 Å². The van der Waals surface area contributed by atoms with E-state index in [2.05, 4.69) is 55.6 Å². The first-order valence-electron chi connectivity index (χ1n) is 40.7. The number of ether oxygens (including phenoxy) is 1. The van der Waals surface area contributed by atoms with Crippen molar-refractivity contribution >= 4 is 11.9 Å². The lowest BCUT2D eigenvalue weighted by Gasteiger charge is -2.22. The first-order valence-corrected chi connectivity index (χ1v) is 40.7. The highest BCUT2D eigenvalue weighted by Crippen LogP contribution is 2.20. The second-order valence-corrected chi connectivity index (χ2v) is 28.1. The smallest absolute Gasteiger partial charge is 0.305 e. The van der Waals surface area contributed by atoms with E-state index in [4.69, 9.17) is 4.74 Å². The molecule has 0 aromatic rings. The lowest BCUT2D eigenvalue weighted by molar-refractivity contribution is -0.143. The predicted octanol–water partition coefficient (Wildman–Crippen LogP) is 27.0. The van der Waals surface area contributed by atoms with Gasteiger partial charge in [0.25, 0.3) is 0 Å². The van der Waals surface area contributed by atoms with Gasteiger partial charge in [-0.2, -0.15) is 0 Å². The molecule has 0 saturated carbocycles. The van der Waals surface area contributed by atoms with Crippen molar-refractivity contribution in [2.45, 2.75) is 469 Å². The fourth-order valence-corrected chi connectivity index (χ4v) is 13.0. The topological polar surface area (TPSA) is 95.9 Å². The summed E-state index contributed by atoms with van der Waals surface area (Å²) in [6.45, 7) is 4.98. The number of carbonyl (C=O) groups is 2. The molecule has 6 heteroatoms. The Morgan fingerprint density at radius 1 is 0.315 bits per heavy atom. The molecule has 0 radical (unpaired) electrons. The monoisotopic (exact) mass is 1250 g/mol. The predicted molar refractivity (Wildman–Crippen MR) is 393 cm³/mol. The molecule has 0 aliphatic carbocycles. The number of nitrogens with one attached hydrogen (secondary N) is 1. The summed E-state index contributed by atoms with van der Waals surface area (Å²) in [7, 11) is 0. The molecular weight excluding hydrogens is 1090 g/mol. The molecule has 526 valence electrons. The fraction of sp³-hybridized carbons (Fsp3) is 0.904. The largest absolute Gasteiger partial charge is 0.466 e. The molecule has 0 spiro atoms. The Labute approximate surface area is 557 Å². The molecular formula is C83H159NO5. The van der Waals surface area contributed by atoms with E-state index in [0.717, 1.165) is 51.4 Å². The van der Waals surface area contributed by atoms with Crippen LogP contribution in [-0.4, -0.2) is 47.4 Å². The van der Waals surface area contributed by atoms with Crippen LogP contribution in [0.15, 0.2) is 36.5 Å². The molecule has 0 saturated heterocycles. The molecule has 2 unspecified atom stereocenters. The number of aliphatic hydroxyl groups is 2. The average molecular weight is 1250 g/mol. The maximum Gasteiger partial charge on any atom is 0.305 e. The van der Waals surface area contributed by atoms with Crippen LogP contribution in [0.3, 0.4) is 0 Å². The second-order valence-electron chi connectivity index (χ2n) is 28.1. The van der Waals surface area contributed by atoms with E-state index >= 15 is 0 Å². The number of rotatable bonds is 77. The van der Waals surface area contributed by atoms with Crippen molar-refractivity contribution in [3.8, 4) is 0 Å². The first kappa shape index (κ1) is 87.1. The van der Waals surface area contributed by atoms with Gasteiger partial charge in [-0.1, -0.05) is 397 Å². The lowest BCUT2D eigenvalue weighted by atomic mass is 10.0. The second kappa shape index (κ2) is 78.5. The summed E-state index contributed by atoms with van der Waals surface area (Å²) in [5, 5.41) is 23.5. The van der Waals surface area contributed by atoms with E-state index in [0.29, 0.717) is 25.9 Å². The third-order valence-corrected chi connectivity index (χ3v) is 19.2. The van der Waals surface area contributed by atoms with Gasteiger partial charge in [0.05, 0.1) is 25.4 Å². The number of amides is 1. The van der Waals surface area contributed by atoms with Gasteiger partial charge in [0.2, 0.25) is 5.91 Å². The Hall–Kier alpha value is -1.92. The van der Waals surface area contributed by atoms with E-state index in [9.17, 15) is 19.8 Å². The van der Waals surface area contributed by atoms with Crippen molar-refractivity contribution in [1.82, 2.24) is 5.32 Å². The summed E-state index contributed by atoms with van der Waals surface area (Å²) < 4.78 is 5.51. The molecule has 0 rings (SSSR count). The Bertz CT molecular complexity index is 1440. The molecule has 0 aromatic heterocycles. The zero-order chi connectivity index (χ0) is 64.2. The van der Waals surface area contributed by atoms with E-state index in [-0.39, 0.29) is 18.5 Å². The highest BCUT2D eigenvalue weighted by atomic mass is 16.5. The molecule has 6 nitrogen and oxygen atoms in total. The van der Waals surface area contributed by atoms with Crippen molar-refractivity contribution in [1.29, 1.82) is 0 Å². The van der Waals surface area contributed by atoms with Crippen molar-refractivity contribution in [3.05, 3.63) is 36.5 Å². The number of esters is 1. The molecule has 2 atom stereocenters. The zero-order valence-corrected chi connectivity index (χ0v) is 60.4. The molecule has 0 heterocycles. The average Bonchev–Trinajstić information content (AvgIpc) is 3.55. The quantitative estimate of drug-likeness (QED) is 0.0320. The Balaban J connectivity index is 3.35. The molecule has 3 N–H and O–H groups in total. The van der Waals surface area contributed by atoms with E-state index in [1.807, 2.05) is 0 Å². The number of allylic oxidation sites excluding steroid dienone is 6. The summed E-state index contributed by atoms with van der Waals surface area (Å²) in [4.78, 5) is 24.7. The number of hydrogen-bond donors (Lipinski definition) is 3. The van der Waals surface area contributed by atoms with Crippen LogP contribution in [0.25, 0.3) is 0 Å². The molecule has 89 heavy (non-hydrogen) atoms. The summed E-state index contributed by atoms with van der Waals surface area (Å²) in [6.07, 6.45) is 102. The van der Waals surface area contributed by atoms with E-state index in [1.165, 1.54) is 372 Å². The van der Waals surface area contributed by atoms with E-state index < -0.39 is 12.1 Å². The summed E-state index contributed by atoms with van der Waals surface area (Å²) >= 11 is 0. The van der Waals surface area contributed by atoms with Crippen LogP contribution >= 0.6 is 0 Å². The summed E-state index contributed by atoms with van der Waals surface area (Å²) in [5.41, 5.74) is 0. The molecule has 0 aliphatic rings. The first-order chi connectivity index (χ1) is 44.0. The molecule has 0 aromatic carbocycles. The molecule has 0 aliphatic heterocycles. The van der Waals surface area contributed by atoms with Gasteiger partial charge in [0.15, 0.2) is 0 Å². The highest BCUT2D eigenvalue weighted by molar-refractivity contribution is 5.76. The van der Waals surface area contributed by atoms with Crippen LogP contribution < -0.4 is 5.32 Å².